The van der Waals surface area contributed by atoms with Crippen molar-refractivity contribution in [1.82, 2.24) is 10.6 Å². The highest BCUT2D eigenvalue weighted by Gasteiger charge is 2.23. The SMILES string of the molecule is O=C(CCCNC1CCC(O)CC1)NC1CC1. The zero-order valence-corrected chi connectivity index (χ0v) is 10.5. The van der Waals surface area contributed by atoms with E-state index in [2.05, 4.69) is 10.6 Å². The van der Waals surface area contributed by atoms with Crippen molar-refractivity contribution in [3.05, 3.63) is 0 Å². The highest BCUT2D eigenvalue weighted by atomic mass is 16.3. The summed E-state index contributed by atoms with van der Waals surface area (Å²) in [5.41, 5.74) is 0. The molecular weight excluding hydrogens is 216 g/mol. The first kappa shape index (κ1) is 12.8. The summed E-state index contributed by atoms with van der Waals surface area (Å²) >= 11 is 0. The van der Waals surface area contributed by atoms with Gasteiger partial charge in [-0.2, -0.15) is 0 Å². The molecule has 0 aromatic rings. The van der Waals surface area contributed by atoms with Crippen LogP contribution >= 0.6 is 0 Å². The first-order chi connectivity index (χ1) is 8.24. The van der Waals surface area contributed by atoms with Crippen LogP contribution in [-0.4, -0.2) is 35.7 Å². The first-order valence-electron chi connectivity index (χ1n) is 6.95. The summed E-state index contributed by atoms with van der Waals surface area (Å²) in [5, 5.41) is 15.9. The minimum atomic E-state index is -0.0858. The Morgan fingerprint density at radius 1 is 1.06 bits per heavy atom. The molecule has 2 saturated carbocycles. The fourth-order valence-electron chi connectivity index (χ4n) is 2.36. The lowest BCUT2D eigenvalue weighted by atomic mass is 9.93. The molecule has 0 saturated heterocycles. The minimum Gasteiger partial charge on any atom is -0.393 e. The van der Waals surface area contributed by atoms with Gasteiger partial charge in [0, 0.05) is 18.5 Å². The van der Waals surface area contributed by atoms with E-state index in [4.69, 9.17) is 0 Å². The summed E-state index contributed by atoms with van der Waals surface area (Å²) in [6.45, 7) is 0.916. The largest absolute Gasteiger partial charge is 0.393 e. The summed E-state index contributed by atoms with van der Waals surface area (Å²) < 4.78 is 0. The van der Waals surface area contributed by atoms with Crippen LogP contribution in [0.4, 0.5) is 0 Å². The predicted molar refractivity (Wildman–Crippen MR) is 66.7 cm³/mol. The predicted octanol–water partition coefficient (Wildman–Crippen LogP) is 0.938. The lowest BCUT2D eigenvalue weighted by molar-refractivity contribution is -0.121. The molecule has 4 nitrogen and oxygen atoms in total. The van der Waals surface area contributed by atoms with E-state index in [1.165, 1.54) is 0 Å². The van der Waals surface area contributed by atoms with Crippen LogP contribution < -0.4 is 10.6 Å². The molecule has 3 N–H and O–H groups in total. The highest BCUT2D eigenvalue weighted by molar-refractivity contribution is 5.76. The normalized spacial score (nSPS) is 29.0. The van der Waals surface area contributed by atoms with Gasteiger partial charge in [-0.1, -0.05) is 0 Å². The Morgan fingerprint density at radius 3 is 2.35 bits per heavy atom. The topological polar surface area (TPSA) is 61.4 Å². The van der Waals surface area contributed by atoms with Gasteiger partial charge in [-0.05, 0) is 51.5 Å². The highest BCUT2D eigenvalue weighted by Crippen LogP contribution is 2.19. The van der Waals surface area contributed by atoms with E-state index in [0.29, 0.717) is 18.5 Å². The number of nitrogens with one attached hydrogen (secondary N) is 2. The number of carbonyl (C=O) groups is 1. The molecular formula is C13H24N2O2. The van der Waals surface area contributed by atoms with Crippen molar-refractivity contribution < 1.29 is 9.90 Å². The zero-order valence-electron chi connectivity index (χ0n) is 10.5. The number of aliphatic hydroxyl groups excluding tert-OH is 1. The van der Waals surface area contributed by atoms with E-state index in [-0.39, 0.29) is 12.0 Å². The Labute approximate surface area is 103 Å². The second kappa shape index (κ2) is 6.36. The van der Waals surface area contributed by atoms with Crippen molar-refractivity contribution in [2.45, 2.75) is 69.6 Å². The number of carbonyl (C=O) groups excluding carboxylic acids is 1. The van der Waals surface area contributed by atoms with Crippen molar-refractivity contribution in [1.29, 1.82) is 0 Å². The van der Waals surface area contributed by atoms with Gasteiger partial charge >= 0.3 is 0 Å². The van der Waals surface area contributed by atoms with Gasteiger partial charge < -0.3 is 15.7 Å². The van der Waals surface area contributed by atoms with Crippen LogP contribution in [0, 0.1) is 0 Å². The lowest BCUT2D eigenvalue weighted by Crippen LogP contribution is -2.35. The average molecular weight is 240 g/mol. The molecule has 17 heavy (non-hydrogen) atoms. The molecule has 0 atom stereocenters. The number of hydrogen-bond acceptors (Lipinski definition) is 3. The summed E-state index contributed by atoms with van der Waals surface area (Å²) in [5.74, 6) is 0.202. The van der Waals surface area contributed by atoms with Gasteiger partial charge in [0.2, 0.25) is 5.91 Å². The summed E-state index contributed by atoms with van der Waals surface area (Å²) in [6.07, 6.45) is 7.75. The molecule has 98 valence electrons. The molecule has 2 aliphatic rings. The van der Waals surface area contributed by atoms with E-state index < -0.39 is 0 Å². The molecule has 0 aromatic heterocycles. The zero-order chi connectivity index (χ0) is 12.1. The van der Waals surface area contributed by atoms with Crippen LogP contribution in [0.5, 0.6) is 0 Å². The van der Waals surface area contributed by atoms with Crippen LogP contribution in [0.3, 0.4) is 0 Å². The molecule has 0 unspecified atom stereocenters. The third-order valence-electron chi connectivity index (χ3n) is 3.65. The molecule has 0 aromatic carbocycles. The summed E-state index contributed by atoms with van der Waals surface area (Å²) in [6, 6.07) is 1.03. The van der Waals surface area contributed by atoms with Crippen LogP contribution in [0.25, 0.3) is 0 Å². The van der Waals surface area contributed by atoms with Crippen LogP contribution in [0.15, 0.2) is 0 Å². The van der Waals surface area contributed by atoms with Crippen molar-refractivity contribution in [2.24, 2.45) is 0 Å². The van der Waals surface area contributed by atoms with E-state index in [0.717, 1.165) is 51.5 Å². The molecule has 4 heteroatoms. The first-order valence-corrected chi connectivity index (χ1v) is 6.95. The van der Waals surface area contributed by atoms with Gasteiger partial charge in [-0.15, -0.1) is 0 Å². The monoisotopic (exact) mass is 240 g/mol. The van der Waals surface area contributed by atoms with E-state index >= 15 is 0 Å². The molecule has 0 heterocycles. The summed E-state index contributed by atoms with van der Waals surface area (Å²) in [4.78, 5) is 11.4. The Bertz CT molecular complexity index is 246. The molecule has 0 aliphatic heterocycles. The Balaban J connectivity index is 1.46. The third kappa shape index (κ3) is 5.04. The van der Waals surface area contributed by atoms with E-state index in [9.17, 15) is 9.90 Å². The van der Waals surface area contributed by atoms with E-state index in [1.807, 2.05) is 0 Å². The standard InChI is InChI=1S/C13H24N2O2/c16-12-7-5-10(6-8-12)14-9-1-2-13(17)15-11-3-4-11/h10-12,14,16H,1-9H2,(H,15,17). The summed E-state index contributed by atoms with van der Waals surface area (Å²) in [7, 11) is 0. The molecule has 0 radical (unpaired) electrons. The molecule has 0 bridgehead atoms. The number of amides is 1. The second-order valence-corrected chi connectivity index (χ2v) is 5.40. The van der Waals surface area contributed by atoms with Gasteiger partial charge in [-0.25, -0.2) is 0 Å². The van der Waals surface area contributed by atoms with Crippen molar-refractivity contribution in [3.8, 4) is 0 Å². The van der Waals surface area contributed by atoms with Crippen molar-refractivity contribution >= 4 is 5.91 Å². The van der Waals surface area contributed by atoms with Gasteiger partial charge in [0.1, 0.15) is 0 Å². The molecule has 2 aliphatic carbocycles. The fraction of sp³-hybridized carbons (Fsp3) is 0.923. The van der Waals surface area contributed by atoms with Gasteiger partial charge in [0.25, 0.3) is 0 Å². The van der Waals surface area contributed by atoms with Gasteiger partial charge in [0.05, 0.1) is 6.10 Å². The average Bonchev–Trinajstić information content (AvgIpc) is 3.11. The van der Waals surface area contributed by atoms with Crippen LogP contribution in [-0.2, 0) is 4.79 Å². The smallest absolute Gasteiger partial charge is 0.220 e. The van der Waals surface area contributed by atoms with Gasteiger partial charge in [-0.3, -0.25) is 4.79 Å². The Hall–Kier alpha value is -0.610. The van der Waals surface area contributed by atoms with Crippen LogP contribution in [0.2, 0.25) is 0 Å². The number of hydrogen-bond donors (Lipinski definition) is 3. The number of rotatable bonds is 6. The second-order valence-electron chi connectivity index (χ2n) is 5.40. The minimum absolute atomic E-state index is 0.0858. The molecule has 2 rings (SSSR count). The maximum atomic E-state index is 11.4. The Morgan fingerprint density at radius 2 is 1.71 bits per heavy atom. The molecule has 0 spiro atoms. The Kier molecular flexibility index (Phi) is 4.80. The third-order valence-corrected chi connectivity index (χ3v) is 3.65. The quantitative estimate of drug-likeness (QED) is 0.605. The van der Waals surface area contributed by atoms with Crippen molar-refractivity contribution in [3.63, 3.8) is 0 Å². The fourth-order valence-corrected chi connectivity index (χ4v) is 2.36. The van der Waals surface area contributed by atoms with Crippen LogP contribution in [0.1, 0.15) is 51.4 Å². The molecule has 1 amide bonds. The molecule has 2 fully saturated rings. The number of aliphatic hydroxyl groups is 1. The maximum Gasteiger partial charge on any atom is 0.220 e. The van der Waals surface area contributed by atoms with E-state index in [1.54, 1.807) is 0 Å². The van der Waals surface area contributed by atoms with Crippen molar-refractivity contribution in [2.75, 3.05) is 6.54 Å². The van der Waals surface area contributed by atoms with Gasteiger partial charge in [0.15, 0.2) is 0 Å². The maximum absolute atomic E-state index is 11.4. The lowest BCUT2D eigenvalue weighted by Gasteiger charge is -2.26.